The van der Waals surface area contributed by atoms with Crippen LogP contribution in [0.4, 0.5) is 8.63 Å². The van der Waals surface area contributed by atoms with E-state index >= 15 is 8.63 Å². The second-order valence-corrected chi connectivity index (χ2v) is 19.8. The molecular weight excluding hydrogens is 901 g/mol. The molecule has 0 aliphatic carbocycles. The SMILES string of the molecule is CSCCN(C)/C1=N\O[B-]2(F)O/N=C(c3ccccc3)/C(c3ccccc3)=N/O[B-](F)(ON=C1P(=S)(c1ccccc1)c1ccccc1)O/N=C(c1ccccc1)/C(c1ccccc1)=N/O2. The Morgan fingerprint density at radius 3 is 1.08 bits per heavy atom. The van der Waals surface area contributed by atoms with Crippen molar-refractivity contribution in [3.8, 4) is 0 Å². The highest BCUT2D eigenvalue weighted by Gasteiger charge is 2.46. The van der Waals surface area contributed by atoms with Gasteiger partial charge < -0.3 is 42.1 Å². The molecule has 3 aliphatic rings. The van der Waals surface area contributed by atoms with E-state index in [0.717, 1.165) is 0 Å². The normalized spacial score (nSPS) is 23.0. The minimum Gasteiger partial charge on any atom is -0.509 e. The third-order valence-electron chi connectivity index (χ3n) is 9.98. The van der Waals surface area contributed by atoms with Gasteiger partial charge in [-0.05, 0) is 16.9 Å². The molecule has 6 aromatic carbocycles. The summed E-state index contributed by atoms with van der Waals surface area (Å²) in [5.74, 6) is 0.374. The first-order valence-electron chi connectivity index (χ1n) is 20.5. The standard InChI is InChI=1S/C46H40B2F2N7O6PS2/c1-57(33-34-66-2)45-46(64(65,39-29-17-7-18-30-39)40-31-19-8-20-32-40)56-63-48(50)60-53-43(37-25-13-5-14-26-37)41(35-21-9-3-10-22-35)51-58-47(49,62-55-45)59-52-42(36-23-11-4-12-24-36)44(54-61-48)38-27-15-6-16-28-38/h3-32H,33-34H2,1-2H3/q-2/b51-41+,52-42+,53-43+,54-44+,55-45-,56-46?. The lowest BCUT2D eigenvalue weighted by Crippen LogP contribution is -2.44. The highest BCUT2D eigenvalue weighted by atomic mass is 32.4. The minimum absolute atomic E-state index is 0.150. The van der Waals surface area contributed by atoms with Gasteiger partial charge in [0.25, 0.3) is 0 Å². The number of oxime groups is 6. The predicted octanol–water partition coefficient (Wildman–Crippen LogP) is 8.59. The molecule has 3 aliphatic heterocycles. The van der Waals surface area contributed by atoms with Gasteiger partial charge in [0.2, 0.25) is 0 Å². The van der Waals surface area contributed by atoms with Gasteiger partial charge >= 0.3 is 14.1 Å². The molecule has 13 nitrogen and oxygen atoms in total. The monoisotopic (exact) mass is 941 g/mol. The Labute approximate surface area is 389 Å². The second-order valence-electron chi connectivity index (χ2n) is 14.5. The topological polar surface area (TPSA) is 133 Å². The fourth-order valence-electron chi connectivity index (χ4n) is 6.64. The Bertz CT molecular complexity index is 2690. The molecule has 66 heavy (non-hydrogen) atoms. The maximum absolute atomic E-state index is 18.3. The second kappa shape index (κ2) is 20.8. The molecule has 0 spiro atoms. The summed E-state index contributed by atoms with van der Waals surface area (Å²) in [7, 11) is -7.79. The lowest BCUT2D eigenvalue weighted by atomic mass is 10.00. The van der Waals surface area contributed by atoms with Gasteiger partial charge in [0.05, 0.1) is 6.04 Å². The lowest BCUT2D eigenvalue weighted by molar-refractivity contribution is 0.0213. The molecule has 0 atom stereocenters. The first-order chi connectivity index (χ1) is 32.2. The number of amidine groups is 1. The van der Waals surface area contributed by atoms with E-state index < -0.39 is 20.1 Å². The van der Waals surface area contributed by atoms with Gasteiger partial charge in [0, 0.05) is 41.6 Å². The van der Waals surface area contributed by atoms with Crippen LogP contribution in [0.2, 0.25) is 0 Å². The van der Waals surface area contributed by atoms with Crippen molar-refractivity contribution in [2.75, 3.05) is 25.6 Å². The number of halogens is 2. The van der Waals surface area contributed by atoms with E-state index in [1.807, 2.05) is 42.7 Å². The van der Waals surface area contributed by atoms with Crippen molar-refractivity contribution in [2.45, 2.75) is 0 Å². The van der Waals surface area contributed by atoms with Crippen LogP contribution in [0.3, 0.4) is 0 Å². The van der Waals surface area contributed by atoms with E-state index in [2.05, 4.69) is 30.9 Å². The van der Waals surface area contributed by atoms with Gasteiger partial charge in [0.15, 0.2) is 11.3 Å². The van der Waals surface area contributed by atoms with Crippen LogP contribution in [-0.2, 0) is 40.3 Å². The molecule has 0 amide bonds. The van der Waals surface area contributed by atoms with Crippen molar-refractivity contribution >= 4 is 88.4 Å². The molecule has 2 bridgehead atoms. The lowest BCUT2D eigenvalue weighted by Gasteiger charge is -2.34. The van der Waals surface area contributed by atoms with Crippen LogP contribution in [0.5, 0.6) is 0 Å². The Kier molecular flexibility index (Phi) is 14.4. The van der Waals surface area contributed by atoms with E-state index in [0.29, 0.717) is 38.6 Å². The minimum atomic E-state index is -4.74. The number of fused-ring (bicyclic) bond motifs is 9. The number of benzene rings is 6. The van der Waals surface area contributed by atoms with Crippen molar-refractivity contribution in [1.29, 1.82) is 0 Å². The summed E-state index contributed by atoms with van der Waals surface area (Å²) < 4.78 is 71.4. The smallest absolute Gasteiger partial charge is 0.509 e. The van der Waals surface area contributed by atoms with Crippen LogP contribution in [0.15, 0.2) is 213 Å². The fraction of sp³-hybridized carbons (Fsp3) is 0.0870. The molecule has 0 radical (unpaired) electrons. The molecule has 3 heterocycles. The van der Waals surface area contributed by atoms with E-state index in [-0.39, 0.29) is 40.7 Å². The zero-order valence-electron chi connectivity index (χ0n) is 35.5. The number of thioether (sulfide) groups is 1. The molecule has 9 rings (SSSR count). The zero-order valence-corrected chi connectivity index (χ0v) is 38.0. The third kappa shape index (κ3) is 10.4. The van der Waals surface area contributed by atoms with Crippen molar-refractivity contribution in [2.24, 2.45) is 30.9 Å². The third-order valence-corrected chi connectivity index (χ3v) is 15.3. The first-order valence-corrected chi connectivity index (χ1v) is 24.7. The zero-order chi connectivity index (χ0) is 45.8. The van der Waals surface area contributed by atoms with Gasteiger partial charge in [-0.2, -0.15) is 11.8 Å². The van der Waals surface area contributed by atoms with Crippen LogP contribution in [-0.4, -0.2) is 78.7 Å². The summed E-state index contributed by atoms with van der Waals surface area (Å²) >= 11 is 8.23. The average Bonchev–Trinajstić information content (AvgIpc) is 3.37. The molecule has 334 valence electrons. The number of hydrogen-bond acceptors (Lipinski definition) is 15. The van der Waals surface area contributed by atoms with Gasteiger partial charge in [-0.3, -0.25) is 0 Å². The van der Waals surface area contributed by atoms with Crippen molar-refractivity contribution in [3.63, 3.8) is 0 Å². The van der Waals surface area contributed by atoms with Gasteiger partial charge in [0.1, 0.15) is 22.8 Å². The summed E-state index contributed by atoms with van der Waals surface area (Å²) in [5, 5.41) is 27.2. The van der Waals surface area contributed by atoms with Gasteiger partial charge in [-0.15, -0.1) is 30.9 Å². The first kappa shape index (κ1) is 45.5. The van der Waals surface area contributed by atoms with Crippen LogP contribution in [0.25, 0.3) is 0 Å². The quantitative estimate of drug-likeness (QED) is 0.0979. The molecular formula is C46H40B2F2N7O6PS2-2. The molecule has 0 N–H and O–H groups in total. The Hall–Kier alpha value is -7.07. The molecule has 0 saturated carbocycles. The van der Waals surface area contributed by atoms with E-state index in [9.17, 15) is 0 Å². The van der Waals surface area contributed by atoms with Crippen molar-refractivity contribution in [3.05, 3.63) is 204 Å². The molecule has 20 heteroatoms. The molecule has 0 aromatic heterocycles. The molecule has 6 aromatic rings. The largest absolute Gasteiger partial charge is 0.812 e. The number of hydrogen-bond donors (Lipinski definition) is 0. The van der Waals surface area contributed by atoms with Gasteiger partial charge in [-0.1, -0.05) is 194 Å². The Morgan fingerprint density at radius 1 is 0.470 bits per heavy atom. The molecule has 0 unspecified atom stereocenters. The summed E-state index contributed by atoms with van der Waals surface area (Å²) in [5.41, 5.74) is 0.575. The van der Waals surface area contributed by atoms with Crippen LogP contribution >= 0.6 is 17.8 Å². The fourth-order valence-corrected chi connectivity index (χ4v) is 10.8. The van der Waals surface area contributed by atoms with Crippen LogP contribution in [0, 0.1) is 0 Å². The summed E-state index contributed by atoms with van der Waals surface area (Å²) in [6, 6.07) is 48.5. The predicted molar refractivity (Wildman–Crippen MR) is 264 cm³/mol. The maximum atomic E-state index is 18.3. The van der Waals surface area contributed by atoms with E-state index in [1.54, 1.807) is 158 Å². The summed E-state index contributed by atoms with van der Waals surface area (Å²) in [6.07, 6.45) is 1.92. The maximum Gasteiger partial charge on any atom is 0.812 e. The Morgan fingerprint density at radius 2 is 0.758 bits per heavy atom. The molecule has 0 saturated heterocycles. The van der Waals surface area contributed by atoms with E-state index in [1.165, 1.54) is 11.8 Å². The van der Waals surface area contributed by atoms with Crippen molar-refractivity contribution < 1.29 is 37.2 Å². The number of nitrogens with zero attached hydrogens (tertiary/aromatic N) is 7. The highest BCUT2D eigenvalue weighted by molar-refractivity contribution is 8.30. The summed E-state index contributed by atoms with van der Waals surface area (Å²) in [4.78, 5) is 1.61. The average molecular weight is 942 g/mol. The van der Waals surface area contributed by atoms with Crippen LogP contribution in [0.1, 0.15) is 22.3 Å². The number of rotatable bonds is 10. The summed E-state index contributed by atoms with van der Waals surface area (Å²) in [6.45, 7) is 0.288. The van der Waals surface area contributed by atoms with Crippen LogP contribution < -0.4 is 10.6 Å². The van der Waals surface area contributed by atoms with E-state index in [4.69, 9.17) is 40.3 Å². The van der Waals surface area contributed by atoms with Gasteiger partial charge in [-0.25, -0.2) is 0 Å². The highest BCUT2D eigenvalue weighted by Crippen LogP contribution is 2.47. The Balaban J connectivity index is 1.46. The molecule has 0 fully saturated rings. The van der Waals surface area contributed by atoms with Crippen molar-refractivity contribution in [1.82, 2.24) is 4.90 Å².